The van der Waals surface area contributed by atoms with Crippen LogP contribution in [0.5, 0.6) is 5.75 Å². The Morgan fingerprint density at radius 3 is 2.67 bits per heavy atom. The van der Waals surface area contributed by atoms with Gasteiger partial charge < -0.3 is 9.64 Å². The first-order valence-corrected chi connectivity index (χ1v) is 7.57. The van der Waals surface area contributed by atoms with Crippen molar-refractivity contribution >= 4 is 17.5 Å². The average Bonchev–Trinajstić information content (AvgIpc) is 2.90. The van der Waals surface area contributed by atoms with Gasteiger partial charge in [-0.25, -0.2) is 4.68 Å². The van der Waals surface area contributed by atoms with E-state index in [9.17, 15) is 0 Å². The lowest BCUT2D eigenvalue weighted by Gasteiger charge is -2.26. The maximum Gasteiger partial charge on any atom is 0.224 e. The highest BCUT2D eigenvalue weighted by atomic mass is 35.5. The maximum absolute atomic E-state index is 6.09. The van der Waals surface area contributed by atoms with Gasteiger partial charge in [-0.3, -0.25) is 0 Å². The lowest BCUT2D eigenvalue weighted by molar-refractivity contribution is 0.416. The number of anilines is 1. The summed E-state index contributed by atoms with van der Waals surface area (Å²) in [6.45, 7) is 2.08. The summed E-state index contributed by atoms with van der Waals surface area (Å²) < 4.78 is 7.22. The Balaban J connectivity index is 1.98. The van der Waals surface area contributed by atoms with E-state index in [1.807, 2.05) is 23.9 Å². The second kappa shape index (κ2) is 5.93. The zero-order chi connectivity index (χ0) is 14.8. The molecule has 3 rings (SSSR count). The highest BCUT2D eigenvalue weighted by molar-refractivity contribution is 6.30. The summed E-state index contributed by atoms with van der Waals surface area (Å²) in [7, 11) is 3.57. The Bertz CT molecular complexity index is 635. The molecule has 0 N–H and O–H groups in total. The van der Waals surface area contributed by atoms with Crippen molar-refractivity contribution in [3.05, 3.63) is 23.2 Å². The van der Waals surface area contributed by atoms with Crippen molar-refractivity contribution in [3.63, 3.8) is 0 Å². The Morgan fingerprint density at radius 2 is 1.95 bits per heavy atom. The van der Waals surface area contributed by atoms with Gasteiger partial charge in [-0.2, -0.15) is 4.98 Å². The van der Waals surface area contributed by atoms with Crippen molar-refractivity contribution in [2.24, 2.45) is 7.05 Å². The molecule has 2 heterocycles. The fourth-order valence-corrected chi connectivity index (χ4v) is 2.89. The number of aromatic nitrogens is 3. The van der Waals surface area contributed by atoms with Crippen molar-refractivity contribution in [1.29, 1.82) is 0 Å². The van der Waals surface area contributed by atoms with Gasteiger partial charge in [0, 0.05) is 25.2 Å². The van der Waals surface area contributed by atoms with Crippen LogP contribution in [0.15, 0.2) is 18.2 Å². The van der Waals surface area contributed by atoms with E-state index in [4.69, 9.17) is 21.3 Å². The molecule has 0 bridgehead atoms. The molecule has 112 valence electrons. The van der Waals surface area contributed by atoms with Gasteiger partial charge in [-0.15, -0.1) is 5.10 Å². The third-order valence-corrected chi connectivity index (χ3v) is 4.02. The van der Waals surface area contributed by atoms with Crippen LogP contribution >= 0.6 is 11.6 Å². The smallest absolute Gasteiger partial charge is 0.224 e. The molecular weight excluding hydrogens is 288 g/mol. The van der Waals surface area contributed by atoms with E-state index in [2.05, 4.69) is 10.00 Å². The standard InChI is InChI=1S/C15H19ClN4O/c1-19-15(20-8-4-3-5-9-20)17-14(18-19)12-10-11(16)6-7-13(12)21-2/h6-7,10H,3-5,8-9H2,1-2H3. The van der Waals surface area contributed by atoms with Crippen LogP contribution in [0, 0.1) is 0 Å². The number of aryl methyl sites for hydroxylation is 1. The Labute approximate surface area is 129 Å². The Hall–Kier alpha value is -1.75. The lowest BCUT2D eigenvalue weighted by Crippen LogP contribution is -2.31. The zero-order valence-electron chi connectivity index (χ0n) is 12.3. The van der Waals surface area contributed by atoms with Gasteiger partial charge in [-0.05, 0) is 37.5 Å². The lowest BCUT2D eigenvalue weighted by atomic mass is 10.1. The molecule has 6 heteroatoms. The number of hydrogen-bond acceptors (Lipinski definition) is 4. The molecular formula is C15H19ClN4O. The molecule has 0 amide bonds. The number of hydrogen-bond donors (Lipinski definition) is 0. The normalized spacial score (nSPS) is 15.3. The molecule has 0 atom stereocenters. The van der Waals surface area contributed by atoms with Crippen LogP contribution in [-0.4, -0.2) is 35.0 Å². The van der Waals surface area contributed by atoms with E-state index in [1.165, 1.54) is 19.3 Å². The molecule has 1 saturated heterocycles. The highest BCUT2D eigenvalue weighted by Crippen LogP contribution is 2.31. The minimum atomic E-state index is 0.650. The molecule has 1 aromatic carbocycles. The van der Waals surface area contributed by atoms with E-state index in [0.717, 1.165) is 30.4 Å². The number of ether oxygens (including phenoxy) is 1. The van der Waals surface area contributed by atoms with Crippen LogP contribution < -0.4 is 9.64 Å². The van der Waals surface area contributed by atoms with Gasteiger partial charge >= 0.3 is 0 Å². The maximum atomic E-state index is 6.09. The van der Waals surface area contributed by atoms with Crippen LogP contribution in [0.4, 0.5) is 5.95 Å². The monoisotopic (exact) mass is 306 g/mol. The summed E-state index contributed by atoms with van der Waals surface area (Å²) in [5, 5.41) is 5.18. The van der Waals surface area contributed by atoms with Crippen molar-refractivity contribution in [1.82, 2.24) is 14.8 Å². The summed E-state index contributed by atoms with van der Waals surface area (Å²) in [4.78, 5) is 6.98. The van der Waals surface area contributed by atoms with E-state index < -0.39 is 0 Å². The Morgan fingerprint density at radius 1 is 1.19 bits per heavy atom. The molecule has 0 radical (unpaired) electrons. The molecule has 1 fully saturated rings. The van der Waals surface area contributed by atoms with Crippen molar-refractivity contribution in [3.8, 4) is 17.1 Å². The first kappa shape index (κ1) is 14.2. The van der Waals surface area contributed by atoms with Crippen LogP contribution in [0.2, 0.25) is 5.02 Å². The van der Waals surface area contributed by atoms with Gasteiger partial charge in [0.2, 0.25) is 5.95 Å². The number of methoxy groups -OCH3 is 1. The molecule has 5 nitrogen and oxygen atoms in total. The molecule has 21 heavy (non-hydrogen) atoms. The van der Waals surface area contributed by atoms with Crippen LogP contribution in [0.1, 0.15) is 19.3 Å². The van der Waals surface area contributed by atoms with E-state index in [-0.39, 0.29) is 0 Å². The minimum absolute atomic E-state index is 0.650. The molecule has 1 aliphatic rings. The first-order valence-electron chi connectivity index (χ1n) is 7.19. The third kappa shape index (κ3) is 2.83. The van der Waals surface area contributed by atoms with Crippen LogP contribution in [0.25, 0.3) is 11.4 Å². The second-order valence-corrected chi connectivity index (χ2v) is 5.69. The van der Waals surface area contributed by atoms with Gasteiger partial charge in [0.25, 0.3) is 0 Å². The summed E-state index contributed by atoms with van der Waals surface area (Å²) in [5.41, 5.74) is 0.823. The zero-order valence-corrected chi connectivity index (χ0v) is 13.1. The summed E-state index contributed by atoms with van der Waals surface area (Å²) in [6.07, 6.45) is 3.72. The van der Waals surface area contributed by atoms with Crippen LogP contribution in [-0.2, 0) is 7.05 Å². The number of rotatable bonds is 3. The second-order valence-electron chi connectivity index (χ2n) is 5.25. The van der Waals surface area contributed by atoms with Gasteiger partial charge in [0.1, 0.15) is 5.75 Å². The van der Waals surface area contributed by atoms with E-state index in [0.29, 0.717) is 10.8 Å². The van der Waals surface area contributed by atoms with Gasteiger partial charge in [0.15, 0.2) is 5.82 Å². The number of benzene rings is 1. The summed E-state index contributed by atoms with van der Waals surface area (Å²) in [6, 6.07) is 5.49. The minimum Gasteiger partial charge on any atom is -0.496 e. The highest BCUT2D eigenvalue weighted by Gasteiger charge is 2.19. The SMILES string of the molecule is COc1ccc(Cl)cc1-c1nc(N2CCCCC2)n(C)n1. The van der Waals surface area contributed by atoms with Crippen LogP contribution in [0.3, 0.4) is 0 Å². The molecule has 1 aromatic heterocycles. The van der Waals surface area contributed by atoms with Gasteiger partial charge in [-0.1, -0.05) is 11.6 Å². The molecule has 0 unspecified atom stereocenters. The predicted octanol–water partition coefficient (Wildman–Crippen LogP) is 3.13. The fraction of sp³-hybridized carbons (Fsp3) is 0.467. The number of nitrogens with zero attached hydrogens (tertiary/aromatic N) is 4. The van der Waals surface area contributed by atoms with Gasteiger partial charge in [0.05, 0.1) is 12.7 Å². The topological polar surface area (TPSA) is 43.2 Å². The van der Waals surface area contributed by atoms with E-state index in [1.54, 1.807) is 13.2 Å². The Kier molecular flexibility index (Phi) is 4.01. The van der Waals surface area contributed by atoms with Crippen molar-refractivity contribution < 1.29 is 4.74 Å². The molecule has 2 aromatic rings. The average molecular weight is 307 g/mol. The summed E-state index contributed by atoms with van der Waals surface area (Å²) in [5.74, 6) is 2.29. The predicted molar refractivity (Wildman–Crippen MR) is 84.1 cm³/mol. The third-order valence-electron chi connectivity index (χ3n) is 3.78. The van der Waals surface area contributed by atoms with Crippen molar-refractivity contribution in [2.45, 2.75) is 19.3 Å². The first-order chi connectivity index (χ1) is 10.2. The molecule has 1 aliphatic heterocycles. The molecule has 0 spiro atoms. The quantitative estimate of drug-likeness (QED) is 0.874. The van der Waals surface area contributed by atoms with Crippen molar-refractivity contribution in [2.75, 3.05) is 25.1 Å². The molecule has 0 aliphatic carbocycles. The van der Waals surface area contributed by atoms with E-state index >= 15 is 0 Å². The number of piperidine rings is 1. The summed E-state index contributed by atoms with van der Waals surface area (Å²) >= 11 is 6.09. The number of halogens is 1. The largest absolute Gasteiger partial charge is 0.496 e. The molecule has 0 saturated carbocycles. The fourth-order valence-electron chi connectivity index (χ4n) is 2.71.